The summed E-state index contributed by atoms with van der Waals surface area (Å²) in [5.74, 6) is -4.34. The first-order valence-electron chi connectivity index (χ1n) is 6.91. The number of hydrogen-bond donors (Lipinski definition) is 0. The number of amides is 1. The first-order chi connectivity index (χ1) is 11.0. The molecule has 9 heteroatoms. The van der Waals surface area contributed by atoms with Crippen LogP contribution in [0.25, 0.3) is 0 Å². The standard InChI is InChI=1S/C15H10F7NO/c16-10-3-1-2-8(6-10)12(24)23-11-5-4-9(7-11)13(23,14(17,18)19)15(20,21)22/h1-6,9,11H,7H2/t9-,11-/m1/s1. The van der Waals surface area contributed by atoms with Crippen LogP contribution < -0.4 is 0 Å². The molecule has 2 nitrogen and oxygen atoms in total. The lowest BCUT2D eigenvalue weighted by Crippen LogP contribution is -2.70. The average Bonchev–Trinajstić information content (AvgIpc) is 3.03. The minimum Gasteiger partial charge on any atom is -0.309 e. The third kappa shape index (κ3) is 2.06. The van der Waals surface area contributed by atoms with Crippen LogP contribution in [-0.4, -0.2) is 34.7 Å². The number of carbonyl (C=O) groups is 1. The van der Waals surface area contributed by atoms with Gasteiger partial charge in [0.25, 0.3) is 5.91 Å². The molecule has 0 unspecified atom stereocenters. The second-order valence-corrected chi connectivity index (χ2v) is 5.74. The summed E-state index contributed by atoms with van der Waals surface area (Å²) < 4.78 is 94.6. The van der Waals surface area contributed by atoms with E-state index in [1.165, 1.54) is 0 Å². The number of rotatable bonds is 1. The lowest BCUT2D eigenvalue weighted by atomic mass is 9.83. The third-order valence-electron chi connectivity index (χ3n) is 4.46. The number of benzene rings is 1. The Morgan fingerprint density at radius 1 is 1.08 bits per heavy atom. The van der Waals surface area contributed by atoms with Gasteiger partial charge in [-0.25, -0.2) is 4.39 Å². The molecule has 2 atom stereocenters. The summed E-state index contributed by atoms with van der Waals surface area (Å²) in [6.45, 7) is 0. The van der Waals surface area contributed by atoms with Crippen LogP contribution in [0.3, 0.4) is 0 Å². The van der Waals surface area contributed by atoms with Gasteiger partial charge in [0.05, 0.1) is 6.04 Å². The van der Waals surface area contributed by atoms with Gasteiger partial charge in [0, 0.05) is 11.5 Å². The minimum absolute atomic E-state index is 0.188. The molecule has 1 aromatic carbocycles. The monoisotopic (exact) mass is 353 g/mol. The van der Waals surface area contributed by atoms with Crippen LogP contribution in [0.15, 0.2) is 36.4 Å². The van der Waals surface area contributed by atoms with Crippen molar-refractivity contribution in [3.05, 3.63) is 47.8 Å². The fourth-order valence-corrected chi connectivity index (χ4v) is 3.55. The highest BCUT2D eigenvalue weighted by Gasteiger charge is 2.81. The van der Waals surface area contributed by atoms with Crippen molar-refractivity contribution in [3.63, 3.8) is 0 Å². The number of hydrogen-bond acceptors (Lipinski definition) is 1. The van der Waals surface area contributed by atoms with Crippen molar-refractivity contribution in [3.8, 4) is 0 Å². The van der Waals surface area contributed by atoms with Crippen molar-refractivity contribution in [2.24, 2.45) is 5.92 Å². The van der Waals surface area contributed by atoms with E-state index < -0.39 is 53.6 Å². The van der Waals surface area contributed by atoms with Gasteiger partial charge in [-0.1, -0.05) is 18.2 Å². The zero-order valence-corrected chi connectivity index (χ0v) is 11.8. The molecule has 0 radical (unpaired) electrons. The van der Waals surface area contributed by atoms with Crippen LogP contribution in [0.1, 0.15) is 16.8 Å². The molecule has 130 valence electrons. The van der Waals surface area contributed by atoms with E-state index in [0.717, 1.165) is 30.4 Å². The molecule has 1 aliphatic carbocycles. The Balaban J connectivity index is 2.18. The fraction of sp³-hybridized carbons (Fsp3) is 0.400. The van der Waals surface area contributed by atoms with Crippen molar-refractivity contribution in [2.45, 2.75) is 30.4 Å². The molecule has 1 amide bonds. The summed E-state index contributed by atoms with van der Waals surface area (Å²) in [5, 5.41) is 0. The van der Waals surface area contributed by atoms with Gasteiger partial charge in [-0.05, 0) is 24.6 Å². The summed E-state index contributed by atoms with van der Waals surface area (Å²) in [6.07, 6.45) is -9.92. The molecule has 0 aromatic heterocycles. The highest BCUT2D eigenvalue weighted by molar-refractivity contribution is 5.95. The van der Waals surface area contributed by atoms with E-state index >= 15 is 0 Å². The summed E-state index contributed by atoms with van der Waals surface area (Å²) in [7, 11) is 0. The second kappa shape index (κ2) is 4.97. The van der Waals surface area contributed by atoms with Crippen LogP contribution in [-0.2, 0) is 0 Å². The topological polar surface area (TPSA) is 20.3 Å². The van der Waals surface area contributed by atoms with E-state index in [1.807, 2.05) is 0 Å². The van der Waals surface area contributed by atoms with E-state index in [-0.39, 0.29) is 4.90 Å². The largest absolute Gasteiger partial charge is 0.421 e. The van der Waals surface area contributed by atoms with Gasteiger partial charge >= 0.3 is 12.4 Å². The molecular formula is C15H10F7NO. The molecule has 3 rings (SSSR count). The SMILES string of the molecule is O=C(c1cccc(F)c1)N1[C@@H]2C=C[C@H](C2)C1(C(F)(F)F)C(F)(F)F. The molecule has 1 aliphatic heterocycles. The molecule has 2 aliphatic rings. The molecule has 2 bridgehead atoms. The van der Waals surface area contributed by atoms with Crippen molar-refractivity contribution in [2.75, 3.05) is 0 Å². The van der Waals surface area contributed by atoms with Gasteiger partial charge < -0.3 is 4.90 Å². The minimum atomic E-state index is -5.72. The molecule has 1 fully saturated rings. The van der Waals surface area contributed by atoms with Crippen LogP contribution in [0, 0.1) is 11.7 Å². The zero-order chi connectivity index (χ0) is 17.9. The quantitative estimate of drug-likeness (QED) is 0.550. The Kier molecular flexibility index (Phi) is 3.47. The third-order valence-corrected chi connectivity index (χ3v) is 4.46. The number of fused-ring (bicyclic) bond motifs is 2. The van der Waals surface area contributed by atoms with Gasteiger partial charge in [-0.2, -0.15) is 26.3 Å². The fourth-order valence-electron chi connectivity index (χ4n) is 3.55. The molecule has 0 N–H and O–H groups in total. The first-order valence-corrected chi connectivity index (χ1v) is 6.91. The number of halogens is 7. The number of carbonyl (C=O) groups excluding carboxylic acids is 1. The summed E-state index contributed by atoms with van der Waals surface area (Å²) in [5.41, 5.74) is -4.86. The zero-order valence-electron chi connectivity index (χ0n) is 11.8. The predicted octanol–water partition coefficient (Wildman–Crippen LogP) is 4.09. The maximum Gasteiger partial charge on any atom is 0.421 e. The first kappa shape index (κ1) is 16.8. The number of nitrogens with zero attached hydrogens (tertiary/aromatic N) is 1. The lowest BCUT2D eigenvalue weighted by Gasteiger charge is -2.46. The molecule has 0 spiro atoms. The van der Waals surface area contributed by atoms with Crippen molar-refractivity contribution in [1.29, 1.82) is 0 Å². The van der Waals surface area contributed by atoms with Crippen molar-refractivity contribution < 1.29 is 35.5 Å². The van der Waals surface area contributed by atoms with Gasteiger partial charge in [0.15, 0.2) is 0 Å². The molecular weight excluding hydrogens is 343 g/mol. The Bertz CT molecular complexity index is 693. The van der Waals surface area contributed by atoms with Crippen LogP contribution in [0.5, 0.6) is 0 Å². The van der Waals surface area contributed by atoms with Gasteiger partial charge in [0.1, 0.15) is 5.82 Å². The van der Waals surface area contributed by atoms with Crippen LogP contribution >= 0.6 is 0 Å². The van der Waals surface area contributed by atoms with Crippen LogP contribution in [0.4, 0.5) is 30.7 Å². The van der Waals surface area contributed by atoms with Crippen molar-refractivity contribution in [1.82, 2.24) is 4.90 Å². The smallest absolute Gasteiger partial charge is 0.309 e. The van der Waals surface area contributed by atoms with E-state index in [0.29, 0.717) is 6.07 Å². The summed E-state index contributed by atoms with van der Waals surface area (Å²) >= 11 is 0. The van der Waals surface area contributed by atoms with E-state index in [1.54, 1.807) is 0 Å². The predicted molar refractivity (Wildman–Crippen MR) is 68.4 cm³/mol. The van der Waals surface area contributed by atoms with E-state index in [9.17, 15) is 35.5 Å². The molecule has 0 saturated carbocycles. The van der Waals surface area contributed by atoms with Crippen LogP contribution in [0.2, 0.25) is 0 Å². The van der Waals surface area contributed by atoms with Gasteiger partial charge in [0.2, 0.25) is 5.54 Å². The maximum absolute atomic E-state index is 13.6. The normalized spacial score (nSPS) is 25.4. The molecule has 1 heterocycles. The van der Waals surface area contributed by atoms with E-state index in [2.05, 4.69) is 0 Å². The van der Waals surface area contributed by atoms with Gasteiger partial charge in [-0.15, -0.1) is 0 Å². The summed E-state index contributed by atoms with van der Waals surface area (Å²) in [4.78, 5) is 12.2. The molecule has 1 saturated heterocycles. The number of alkyl halides is 6. The lowest BCUT2D eigenvalue weighted by molar-refractivity contribution is -0.336. The molecule has 1 aromatic rings. The Morgan fingerprint density at radius 2 is 1.71 bits per heavy atom. The Morgan fingerprint density at radius 3 is 2.25 bits per heavy atom. The van der Waals surface area contributed by atoms with Crippen molar-refractivity contribution >= 4 is 5.91 Å². The highest BCUT2D eigenvalue weighted by Crippen LogP contribution is 2.60. The highest BCUT2D eigenvalue weighted by atomic mass is 19.4. The molecule has 24 heavy (non-hydrogen) atoms. The number of likely N-dealkylation sites (tertiary alicyclic amines) is 1. The van der Waals surface area contributed by atoms with Gasteiger partial charge in [-0.3, -0.25) is 4.79 Å². The van der Waals surface area contributed by atoms with E-state index in [4.69, 9.17) is 0 Å². The Hall–Kier alpha value is -2.06. The average molecular weight is 353 g/mol. The second-order valence-electron chi connectivity index (χ2n) is 5.74. The Labute approximate surface area is 131 Å². The maximum atomic E-state index is 13.6. The summed E-state index contributed by atoms with van der Waals surface area (Å²) in [6, 6.07) is 2.26.